The van der Waals surface area contributed by atoms with Gasteiger partial charge in [0.15, 0.2) is 0 Å². The molecule has 1 saturated heterocycles. The summed E-state index contributed by atoms with van der Waals surface area (Å²) in [6, 6.07) is 0.478. The molecule has 0 unspecified atom stereocenters. The SMILES string of the molecule is CCS(=O)(=O)c1ncc(CN2CCCC[C@H]2CCOC)n1CCOC. The van der Waals surface area contributed by atoms with Crippen LogP contribution in [0, 0.1) is 0 Å². The lowest BCUT2D eigenvalue weighted by molar-refractivity contribution is 0.0945. The van der Waals surface area contributed by atoms with Gasteiger partial charge >= 0.3 is 0 Å². The van der Waals surface area contributed by atoms with Gasteiger partial charge in [0.05, 0.1) is 24.3 Å². The lowest BCUT2D eigenvalue weighted by Gasteiger charge is -2.35. The Morgan fingerprint density at radius 2 is 2.00 bits per heavy atom. The molecule has 0 aromatic carbocycles. The quantitative estimate of drug-likeness (QED) is 0.622. The molecule has 1 aromatic heterocycles. The summed E-state index contributed by atoms with van der Waals surface area (Å²) in [6.45, 7) is 5.10. The summed E-state index contributed by atoms with van der Waals surface area (Å²) in [5.41, 5.74) is 0.938. The van der Waals surface area contributed by atoms with E-state index in [1.807, 2.05) is 4.57 Å². The van der Waals surface area contributed by atoms with Crippen molar-refractivity contribution < 1.29 is 17.9 Å². The number of sulfone groups is 1. The van der Waals surface area contributed by atoms with E-state index in [4.69, 9.17) is 9.47 Å². The van der Waals surface area contributed by atoms with Crippen molar-refractivity contribution in [3.8, 4) is 0 Å². The molecule has 1 fully saturated rings. The predicted octanol–water partition coefficient (Wildman–Crippen LogP) is 1.71. The van der Waals surface area contributed by atoms with Gasteiger partial charge in [0, 0.05) is 40.0 Å². The Morgan fingerprint density at radius 1 is 1.24 bits per heavy atom. The van der Waals surface area contributed by atoms with Crippen molar-refractivity contribution in [2.45, 2.75) is 56.9 Å². The fraction of sp³-hybridized carbons (Fsp3) is 0.824. The van der Waals surface area contributed by atoms with Crippen molar-refractivity contribution in [2.24, 2.45) is 0 Å². The molecule has 144 valence electrons. The van der Waals surface area contributed by atoms with E-state index < -0.39 is 9.84 Å². The third kappa shape index (κ3) is 5.26. The number of hydrogen-bond donors (Lipinski definition) is 0. The van der Waals surface area contributed by atoms with Gasteiger partial charge in [-0.25, -0.2) is 13.4 Å². The number of rotatable bonds is 10. The second-order valence-electron chi connectivity index (χ2n) is 6.48. The van der Waals surface area contributed by atoms with E-state index in [0.29, 0.717) is 25.7 Å². The fourth-order valence-corrected chi connectivity index (χ4v) is 4.39. The van der Waals surface area contributed by atoms with Gasteiger partial charge in [0.25, 0.3) is 0 Å². The van der Waals surface area contributed by atoms with Crippen LogP contribution in [0.3, 0.4) is 0 Å². The molecule has 1 aliphatic rings. The van der Waals surface area contributed by atoms with Crippen LogP contribution in [0.1, 0.15) is 38.3 Å². The molecule has 0 aliphatic carbocycles. The molecule has 0 spiro atoms. The second kappa shape index (κ2) is 9.66. The van der Waals surface area contributed by atoms with Crippen LogP contribution in [0.2, 0.25) is 0 Å². The number of ether oxygens (including phenoxy) is 2. The van der Waals surface area contributed by atoms with Crippen LogP contribution >= 0.6 is 0 Å². The molecule has 0 amide bonds. The molecule has 1 aliphatic heterocycles. The molecule has 7 nitrogen and oxygen atoms in total. The zero-order chi connectivity index (χ0) is 18.3. The van der Waals surface area contributed by atoms with Crippen molar-refractivity contribution in [3.05, 3.63) is 11.9 Å². The average molecular weight is 374 g/mol. The van der Waals surface area contributed by atoms with Gasteiger partial charge in [-0.1, -0.05) is 13.3 Å². The largest absolute Gasteiger partial charge is 0.385 e. The highest BCUT2D eigenvalue weighted by atomic mass is 32.2. The Labute approximate surface area is 151 Å². The molecule has 0 radical (unpaired) electrons. The van der Waals surface area contributed by atoms with Crippen LogP contribution in [-0.4, -0.2) is 68.6 Å². The molecule has 0 saturated carbocycles. The minimum atomic E-state index is -3.35. The highest BCUT2D eigenvalue weighted by Crippen LogP contribution is 2.23. The molecule has 25 heavy (non-hydrogen) atoms. The normalized spacial score (nSPS) is 19.4. The van der Waals surface area contributed by atoms with Crippen molar-refractivity contribution in [1.29, 1.82) is 0 Å². The first-order valence-corrected chi connectivity index (χ1v) is 10.7. The average Bonchev–Trinajstić information content (AvgIpc) is 3.02. The van der Waals surface area contributed by atoms with Gasteiger partial charge in [-0.3, -0.25) is 4.90 Å². The third-order valence-electron chi connectivity index (χ3n) is 4.85. The van der Waals surface area contributed by atoms with Crippen molar-refractivity contribution >= 4 is 9.84 Å². The highest BCUT2D eigenvalue weighted by Gasteiger charge is 2.26. The van der Waals surface area contributed by atoms with Crippen LogP contribution in [0.4, 0.5) is 0 Å². The van der Waals surface area contributed by atoms with Crippen molar-refractivity contribution in [2.75, 3.05) is 39.7 Å². The van der Waals surface area contributed by atoms with Gasteiger partial charge in [-0.2, -0.15) is 0 Å². The van der Waals surface area contributed by atoms with Gasteiger partial charge in [-0.15, -0.1) is 0 Å². The summed E-state index contributed by atoms with van der Waals surface area (Å²) in [4.78, 5) is 6.67. The van der Waals surface area contributed by atoms with Crippen LogP contribution in [0.25, 0.3) is 0 Å². The zero-order valence-corrected chi connectivity index (χ0v) is 16.4. The Bertz CT molecular complexity index is 630. The van der Waals surface area contributed by atoms with Crippen LogP contribution in [0.5, 0.6) is 0 Å². The summed E-state index contributed by atoms with van der Waals surface area (Å²) in [7, 11) is 0.00290. The summed E-state index contributed by atoms with van der Waals surface area (Å²) < 4.78 is 36.9. The number of piperidine rings is 1. The number of aromatic nitrogens is 2. The molecular weight excluding hydrogens is 342 g/mol. The van der Waals surface area contributed by atoms with E-state index in [9.17, 15) is 8.42 Å². The molecule has 8 heteroatoms. The maximum absolute atomic E-state index is 12.3. The molecule has 0 bridgehead atoms. The maximum atomic E-state index is 12.3. The summed E-state index contributed by atoms with van der Waals surface area (Å²) in [5.74, 6) is 0.0522. The summed E-state index contributed by atoms with van der Waals surface area (Å²) >= 11 is 0. The molecule has 2 rings (SSSR count). The molecule has 2 heterocycles. The smallest absolute Gasteiger partial charge is 0.227 e. The number of methoxy groups -OCH3 is 2. The Kier molecular flexibility index (Phi) is 7.86. The van der Waals surface area contributed by atoms with Crippen molar-refractivity contribution in [3.63, 3.8) is 0 Å². The summed E-state index contributed by atoms with van der Waals surface area (Å²) in [6.07, 6.45) is 6.29. The topological polar surface area (TPSA) is 73.7 Å². The fourth-order valence-electron chi connectivity index (χ4n) is 3.37. The number of hydrogen-bond acceptors (Lipinski definition) is 6. The minimum Gasteiger partial charge on any atom is -0.385 e. The van der Waals surface area contributed by atoms with E-state index >= 15 is 0 Å². The standard InChI is InChI=1S/C17H31N3O4S/c1-4-25(21,22)17-18-13-16(20(17)10-12-24-3)14-19-9-6-5-7-15(19)8-11-23-2/h13,15H,4-12,14H2,1-3H3/t15-/m0/s1. The van der Waals surface area contributed by atoms with Crippen molar-refractivity contribution in [1.82, 2.24) is 14.5 Å². The number of likely N-dealkylation sites (tertiary alicyclic amines) is 1. The Hall–Kier alpha value is -0.960. The van der Waals surface area contributed by atoms with E-state index in [0.717, 1.165) is 31.7 Å². The van der Waals surface area contributed by atoms with Gasteiger partial charge in [0.1, 0.15) is 0 Å². The summed E-state index contributed by atoms with van der Waals surface area (Å²) in [5, 5.41) is 0.160. The van der Waals surface area contributed by atoms with E-state index in [-0.39, 0.29) is 10.9 Å². The van der Waals surface area contributed by atoms with Gasteiger partial charge in [-0.05, 0) is 25.8 Å². The van der Waals surface area contributed by atoms with Gasteiger partial charge in [0.2, 0.25) is 15.0 Å². The molecule has 1 aromatic rings. The Morgan fingerprint density at radius 3 is 2.68 bits per heavy atom. The monoisotopic (exact) mass is 373 g/mol. The third-order valence-corrected chi connectivity index (χ3v) is 6.49. The molecule has 0 N–H and O–H groups in total. The van der Waals surface area contributed by atoms with E-state index in [2.05, 4.69) is 9.88 Å². The number of imidazole rings is 1. The van der Waals surface area contributed by atoms with E-state index in [1.165, 1.54) is 12.8 Å². The zero-order valence-electron chi connectivity index (χ0n) is 15.6. The maximum Gasteiger partial charge on any atom is 0.227 e. The lowest BCUT2D eigenvalue weighted by Crippen LogP contribution is -2.40. The lowest BCUT2D eigenvalue weighted by atomic mass is 9.99. The first-order valence-electron chi connectivity index (χ1n) is 9.02. The van der Waals surface area contributed by atoms with Gasteiger partial charge < -0.3 is 14.0 Å². The second-order valence-corrected chi connectivity index (χ2v) is 8.65. The number of nitrogens with zero attached hydrogens (tertiary/aromatic N) is 3. The predicted molar refractivity (Wildman–Crippen MR) is 96.4 cm³/mol. The van der Waals surface area contributed by atoms with Crippen LogP contribution in [-0.2, 0) is 32.4 Å². The molecule has 1 atom stereocenters. The first-order chi connectivity index (χ1) is 12.0. The Balaban J connectivity index is 2.22. The van der Waals surface area contributed by atoms with Crippen LogP contribution < -0.4 is 0 Å². The minimum absolute atomic E-state index is 0.0522. The first kappa shape index (κ1) is 20.4. The van der Waals surface area contributed by atoms with Crippen LogP contribution in [0.15, 0.2) is 11.4 Å². The highest BCUT2D eigenvalue weighted by molar-refractivity contribution is 7.91. The van der Waals surface area contributed by atoms with E-state index in [1.54, 1.807) is 27.3 Å². The molecular formula is C17H31N3O4S.